The van der Waals surface area contributed by atoms with Crippen molar-refractivity contribution >= 4 is 9.84 Å². The summed E-state index contributed by atoms with van der Waals surface area (Å²) < 4.78 is 79.0. The van der Waals surface area contributed by atoms with Crippen molar-refractivity contribution in [1.29, 1.82) is 0 Å². The number of rotatable bonds is 10. The van der Waals surface area contributed by atoms with Crippen LogP contribution in [0.4, 0.5) is 13.2 Å². The van der Waals surface area contributed by atoms with Crippen LogP contribution in [0.25, 0.3) is 11.3 Å². The highest BCUT2D eigenvalue weighted by atomic mass is 32.2. The highest BCUT2D eigenvalue weighted by Crippen LogP contribution is 2.31. The molecule has 11 heteroatoms. The first-order valence-corrected chi connectivity index (χ1v) is 12.5. The fraction of sp³-hybridized carbons (Fsp3) is 0.333. The van der Waals surface area contributed by atoms with Crippen molar-refractivity contribution in [2.45, 2.75) is 31.1 Å². The summed E-state index contributed by atoms with van der Waals surface area (Å²) in [7, 11) is -0.949. The van der Waals surface area contributed by atoms with Gasteiger partial charge in [-0.25, -0.2) is 26.3 Å². The first kappa shape index (κ1) is 26.3. The Labute approximate surface area is 201 Å². The maximum absolute atomic E-state index is 14.7. The molecule has 0 saturated carbocycles. The third-order valence-corrected chi connectivity index (χ3v) is 7.17. The van der Waals surface area contributed by atoms with Gasteiger partial charge in [-0.1, -0.05) is 6.92 Å². The van der Waals surface area contributed by atoms with E-state index in [0.29, 0.717) is 12.8 Å². The molecule has 0 spiro atoms. The van der Waals surface area contributed by atoms with Crippen molar-refractivity contribution in [3.63, 3.8) is 0 Å². The normalized spacial score (nSPS) is 11.5. The number of benzene rings is 2. The lowest BCUT2D eigenvalue weighted by molar-refractivity contribution is 0.304. The zero-order valence-corrected chi connectivity index (χ0v) is 20.3. The van der Waals surface area contributed by atoms with Crippen LogP contribution in [0, 0.1) is 17.5 Å². The van der Waals surface area contributed by atoms with Gasteiger partial charge >= 0.3 is 0 Å². The number of hydrogen-bond acceptors (Lipinski definition) is 6. The smallest absolute Gasteiger partial charge is 0.270 e. The Morgan fingerprint density at radius 1 is 1.00 bits per heavy atom. The van der Waals surface area contributed by atoms with Gasteiger partial charge in [0, 0.05) is 24.2 Å². The minimum atomic E-state index is -3.61. The van der Waals surface area contributed by atoms with Crippen LogP contribution in [0.5, 0.6) is 11.5 Å². The molecule has 0 bridgehead atoms. The fourth-order valence-electron chi connectivity index (χ4n) is 3.41. The van der Waals surface area contributed by atoms with E-state index in [0.717, 1.165) is 35.0 Å². The molecule has 0 unspecified atom stereocenters. The average Bonchev–Trinajstić information content (AvgIpc) is 2.83. The number of aromatic nitrogens is 2. The van der Waals surface area contributed by atoms with Crippen LogP contribution in [-0.2, 0) is 23.3 Å². The van der Waals surface area contributed by atoms with E-state index in [1.807, 2.05) is 0 Å². The van der Waals surface area contributed by atoms with Crippen molar-refractivity contribution in [3.05, 3.63) is 69.8 Å². The minimum Gasteiger partial charge on any atom is -0.494 e. The lowest BCUT2D eigenvalue weighted by Gasteiger charge is -2.13. The maximum atomic E-state index is 14.7. The number of unbranched alkanes of at least 4 members (excludes halogenated alkanes) is 1. The number of ether oxygens (including phenoxy) is 2. The topological polar surface area (TPSA) is 87.5 Å². The van der Waals surface area contributed by atoms with Gasteiger partial charge in [0.2, 0.25) is 0 Å². The van der Waals surface area contributed by atoms with E-state index in [1.165, 1.54) is 27.1 Å². The molecule has 0 saturated heterocycles. The molecular weight excluding hydrogens is 485 g/mol. The quantitative estimate of drug-likeness (QED) is 0.302. The molecule has 1 heterocycles. The number of aryl methyl sites for hydroxylation is 1. The van der Waals surface area contributed by atoms with Crippen LogP contribution in [0.3, 0.4) is 0 Å². The van der Waals surface area contributed by atoms with E-state index in [2.05, 4.69) is 5.10 Å². The van der Waals surface area contributed by atoms with Crippen LogP contribution in [0.1, 0.15) is 25.3 Å². The summed E-state index contributed by atoms with van der Waals surface area (Å²) in [5, 5.41) is 4.07. The summed E-state index contributed by atoms with van der Waals surface area (Å²) in [6.45, 7) is 1.52. The molecule has 7 nitrogen and oxygen atoms in total. The Morgan fingerprint density at radius 2 is 1.71 bits per heavy atom. The Bertz CT molecular complexity index is 1390. The number of halogens is 3. The molecule has 0 amide bonds. The number of hydrogen-bond donors (Lipinski definition) is 0. The third kappa shape index (κ3) is 5.84. The third-order valence-electron chi connectivity index (χ3n) is 5.44. The molecule has 3 aromatic rings. The van der Waals surface area contributed by atoms with Crippen LogP contribution in [0.15, 0.2) is 46.1 Å². The zero-order chi connectivity index (χ0) is 25.8. The summed E-state index contributed by atoms with van der Waals surface area (Å²) in [5.41, 5.74) is -0.786. The second-order valence-electron chi connectivity index (χ2n) is 7.71. The molecule has 0 aliphatic heterocycles. The van der Waals surface area contributed by atoms with Crippen molar-refractivity contribution in [1.82, 2.24) is 9.78 Å². The van der Waals surface area contributed by atoms with E-state index >= 15 is 0 Å². The molecule has 0 aliphatic rings. The molecule has 0 radical (unpaired) electrons. The molecule has 0 atom stereocenters. The molecular formula is C24H25F3N2O5S. The molecule has 188 valence electrons. The Hall–Kier alpha value is -3.34. The number of sulfone groups is 1. The second-order valence-corrected chi connectivity index (χ2v) is 9.99. The van der Waals surface area contributed by atoms with Crippen LogP contribution in [-0.4, -0.2) is 37.7 Å². The number of methoxy groups -OCH3 is 1. The standard InChI is InChI=1S/C24H25F3N2O5S/c1-4-35(31,32)15-8-9-19(26)17(13-15)24-21(14-22(30)29(2)28-24)34-12-6-5-7-16-18(25)10-11-20(33-3)23(16)27/h8-11,13-14H,4-7,12H2,1-3H3. The molecule has 0 N–H and O–H groups in total. The van der Waals surface area contributed by atoms with Crippen molar-refractivity contribution in [3.8, 4) is 22.8 Å². The zero-order valence-electron chi connectivity index (χ0n) is 19.5. The summed E-state index contributed by atoms with van der Waals surface area (Å²) >= 11 is 0. The molecule has 3 rings (SSSR count). The Balaban J connectivity index is 1.80. The van der Waals surface area contributed by atoms with Crippen LogP contribution < -0.4 is 15.0 Å². The highest BCUT2D eigenvalue weighted by Gasteiger charge is 2.20. The van der Waals surface area contributed by atoms with Gasteiger partial charge in [-0.3, -0.25) is 4.79 Å². The van der Waals surface area contributed by atoms with Gasteiger partial charge < -0.3 is 9.47 Å². The Kier molecular flexibility index (Phi) is 8.21. The molecule has 0 fully saturated rings. The molecule has 2 aromatic carbocycles. The summed E-state index contributed by atoms with van der Waals surface area (Å²) in [6, 6.07) is 6.81. The monoisotopic (exact) mass is 510 g/mol. The summed E-state index contributed by atoms with van der Waals surface area (Å²) in [5.74, 6) is -2.43. The van der Waals surface area contributed by atoms with E-state index in [1.54, 1.807) is 0 Å². The van der Waals surface area contributed by atoms with Crippen molar-refractivity contribution < 1.29 is 31.1 Å². The summed E-state index contributed by atoms with van der Waals surface area (Å²) in [6.07, 6.45) is 0.802. The van der Waals surface area contributed by atoms with Crippen LogP contribution >= 0.6 is 0 Å². The summed E-state index contributed by atoms with van der Waals surface area (Å²) in [4.78, 5) is 12.0. The van der Waals surface area contributed by atoms with Gasteiger partial charge in [0.1, 0.15) is 17.3 Å². The largest absolute Gasteiger partial charge is 0.494 e. The van der Waals surface area contributed by atoms with Crippen molar-refractivity contribution in [2.24, 2.45) is 7.05 Å². The van der Waals surface area contributed by atoms with Gasteiger partial charge in [0.25, 0.3) is 5.56 Å². The van der Waals surface area contributed by atoms with E-state index in [-0.39, 0.29) is 52.0 Å². The predicted molar refractivity (Wildman–Crippen MR) is 124 cm³/mol. The van der Waals surface area contributed by atoms with Gasteiger partial charge in [-0.05, 0) is 49.6 Å². The van der Waals surface area contributed by atoms with Gasteiger partial charge in [-0.2, -0.15) is 5.10 Å². The maximum Gasteiger partial charge on any atom is 0.270 e. The van der Waals surface area contributed by atoms with Crippen LogP contribution in [0.2, 0.25) is 0 Å². The highest BCUT2D eigenvalue weighted by molar-refractivity contribution is 7.91. The van der Waals surface area contributed by atoms with Gasteiger partial charge in [-0.15, -0.1) is 0 Å². The second kappa shape index (κ2) is 10.9. The first-order valence-electron chi connectivity index (χ1n) is 10.8. The first-order chi connectivity index (χ1) is 16.6. The average molecular weight is 511 g/mol. The predicted octanol–water partition coefficient (Wildman–Crippen LogP) is 4.07. The molecule has 0 aliphatic carbocycles. The Morgan fingerprint density at radius 3 is 2.40 bits per heavy atom. The van der Waals surface area contributed by atoms with E-state index < -0.39 is 32.8 Å². The molecule has 35 heavy (non-hydrogen) atoms. The van der Waals surface area contributed by atoms with Crippen molar-refractivity contribution in [2.75, 3.05) is 19.5 Å². The van der Waals surface area contributed by atoms with E-state index in [4.69, 9.17) is 9.47 Å². The lowest BCUT2D eigenvalue weighted by atomic mass is 10.1. The number of nitrogens with zero attached hydrogens (tertiary/aromatic N) is 2. The SMILES string of the molecule is CCS(=O)(=O)c1ccc(F)c(-c2nn(C)c(=O)cc2OCCCCc2c(F)ccc(OC)c2F)c1. The lowest BCUT2D eigenvalue weighted by Crippen LogP contribution is -2.20. The fourth-order valence-corrected chi connectivity index (χ4v) is 4.32. The molecule has 1 aromatic heterocycles. The minimum absolute atomic E-state index is 0.0308. The van der Waals surface area contributed by atoms with E-state index in [9.17, 15) is 26.4 Å². The van der Waals surface area contributed by atoms with Gasteiger partial charge in [0.05, 0.1) is 24.4 Å². The van der Waals surface area contributed by atoms with Gasteiger partial charge in [0.15, 0.2) is 27.2 Å².